The van der Waals surface area contributed by atoms with E-state index in [4.69, 9.17) is 11.6 Å². The molecule has 0 aromatic carbocycles. The van der Waals surface area contributed by atoms with E-state index in [-0.39, 0.29) is 5.69 Å². The molecule has 2 aromatic rings. The lowest BCUT2D eigenvalue weighted by Gasteiger charge is -2.03. The van der Waals surface area contributed by atoms with E-state index in [9.17, 15) is 8.78 Å². The lowest BCUT2D eigenvalue weighted by molar-refractivity contribution is 0.144. The van der Waals surface area contributed by atoms with E-state index in [0.717, 1.165) is 0 Å². The maximum absolute atomic E-state index is 12.7. The summed E-state index contributed by atoms with van der Waals surface area (Å²) in [5, 5.41) is 4.17. The lowest BCUT2D eigenvalue weighted by Crippen LogP contribution is -2.02. The highest BCUT2D eigenvalue weighted by Crippen LogP contribution is 2.25. The Bertz CT molecular complexity index is 552. The van der Waals surface area contributed by atoms with E-state index >= 15 is 0 Å². The highest BCUT2D eigenvalue weighted by molar-refractivity contribution is 6.29. The molecular weight excluding hydrogens is 248 g/mol. The SMILES string of the molecule is Cc1c(C(F)F)nn(-c2cccc(Cl)n2)c1C. The third-order valence-electron chi connectivity index (χ3n) is 2.58. The predicted molar refractivity (Wildman–Crippen MR) is 60.8 cm³/mol. The first-order valence-electron chi connectivity index (χ1n) is 4.98. The van der Waals surface area contributed by atoms with Crippen LogP contribution in [-0.4, -0.2) is 14.8 Å². The number of pyridine rings is 1. The molecule has 0 aliphatic carbocycles. The van der Waals surface area contributed by atoms with Crippen molar-refractivity contribution in [3.63, 3.8) is 0 Å². The van der Waals surface area contributed by atoms with Gasteiger partial charge in [0.1, 0.15) is 10.8 Å². The predicted octanol–water partition coefficient (Wildman–Crippen LogP) is 3.48. The molecule has 0 spiro atoms. The summed E-state index contributed by atoms with van der Waals surface area (Å²) in [4.78, 5) is 4.04. The minimum Gasteiger partial charge on any atom is -0.219 e. The summed E-state index contributed by atoms with van der Waals surface area (Å²) in [6.07, 6.45) is -2.59. The van der Waals surface area contributed by atoms with Gasteiger partial charge >= 0.3 is 0 Å². The summed E-state index contributed by atoms with van der Waals surface area (Å²) in [6.45, 7) is 3.33. The number of halogens is 3. The van der Waals surface area contributed by atoms with Gasteiger partial charge in [0.15, 0.2) is 5.82 Å². The maximum atomic E-state index is 12.7. The second kappa shape index (κ2) is 4.41. The number of hydrogen-bond acceptors (Lipinski definition) is 2. The molecule has 3 nitrogen and oxygen atoms in total. The normalized spacial score (nSPS) is 11.2. The Kier molecular flexibility index (Phi) is 3.11. The van der Waals surface area contributed by atoms with Gasteiger partial charge in [0.2, 0.25) is 0 Å². The molecule has 0 fully saturated rings. The van der Waals surface area contributed by atoms with E-state index in [1.807, 2.05) is 0 Å². The highest BCUT2D eigenvalue weighted by atomic mass is 35.5. The topological polar surface area (TPSA) is 30.7 Å². The van der Waals surface area contributed by atoms with Crippen LogP contribution >= 0.6 is 11.6 Å². The Balaban J connectivity index is 2.57. The molecule has 90 valence electrons. The van der Waals surface area contributed by atoms with Crippen LogP contribution in [0.2, 0.25) is 5.15 Å². The van der Waals surface area contributed by atoms with Gasteiger partial charge in [0.05, 0.1) is 0 Å². The van der Waals surface area contributed by atoms with Gasteiger partial charge in [-0.3, -0.25) is 0 Å². The molecule has 2 rings (SSSR count). The van der Waals surface area contributed by atoms with E-state index < -0.39 is 6.43 Å². The van der Waals surface area contributed by atoms with Crippen molar-refractivity contribution in [2.45, 2.75) is 20.3 Å². The first-order chi connectivity index (χ1) is 8.00. The van der Waals surface area contributed by atoms with E-state index in [0.29, 0.717) is 22.2 Å². The first kappa shape index (κ1) is 12.0. The zero-order valence-corrected chi connectivity index (χ0v) is 10.0. The number of aromatic nitrogens is 3. The standard InChI is InChI=1S/C11H10ClF2N3/c1-6-7(2)17(16-10(6)11(13)14)9-5-3-4-8(12)15-9/h3-5,11H,1-2H3. The number of nitrogens with zero attached hydrogens (tertiary/aromatic N) is 3. The van der Waals surface area contributed by atoms with Crippen molar-refractivity contribution < 1.29 is 8.78 Å². The molecule has 0 N–H and O–H groups in total. The molecule has 6 heteroatoms. The monoisotopic (exact) mass is 257 g/mol. The summed E-state index contributed by atoms with van der Waals surface area (Å²) in [7, 11) is 0. The first-order valence-corrected chi connectivity index (χ1v) is 5.35. The van der Waals surface area contributed by atoms with Gasteiger partial charge in [0, 0.05) is 5.69 Å². The van der Waals surface area contributed by atoms with E-state index in [1.54, 1.807) is 32.0 Å². The van der Waals surface area contributed by atoms with E-state index in [2.05, 4.69) is 10.1 Å². The van der Waals surface area contributed by atoms with Crippen LogP contribution in [0.15, 0.2) is 18.2 Å². The van der Waals surface area contributed by atoms with Gasteiger partial charge < -0.3 is 0 Å². The third kappa shape index (κ3) is 2.15. The van der Waals surface area contributed by atoms with Crippen molar-refractivity contribution >= 4 is 11.6 Å². The van der Waals surface area contributed by atoms with Crippen molar-refractivity contribution in [2.24, 2.45) is 0 Å². The van der Waals surface area contributed by atoms with Crippen molar-refractivity contribution in [3.8, 4) is 5.82 Å². The van der Waals surface area contributed by atoms with Crippen LogP contribution < -0.4 is 0 Å². The molecule has 2 heterocycles. The Labute approximate surface area is 102 Å². The maximum Gasteiger partial charge on any atom is 0.282 e. The van der Waals surface area contributed by atoms with E-state index in [1.165, 1.54) is 4.68 Å². The van der Waals surface area contributed by atoms with Gasteiger partial charge in [0.25, 0.3) is 6.43 Å². The summed E-state index contributed by atoms with van der Waals surface area (Å²) in [6, 6.07) is 4.98. The smallest absolute Gasteiger partial charge is 0.219 e. The summed E-state index contributed by atoms with van der Waals surface area (Å²) >= 11 is 5.76. The van der Waals surface area contributed by atoms with Crippen LogP contribution in [0.25, 0.3) is 5.82 Å². The van der Waals surface area contributed by atoms with Crippen LogP contribution in [0.4, 0.5) is 8.78 Å². The number of rotatable bonds is 2. The molecule has 0 saturated heterocycles. The van der Waals surface area contributed by atoms with Crippen molar-refractivity contribution in [3.05, 3.63) is 40.3 Å². The van der Waals surface area contributed by atoms with Crippen LogP contribution in [0, 0.1) is 13.8 Å². The quantitative estimate of drug-likeness (QED) is 0.771. The highest BCUT2D eigenvalue weighted by Gasteiger charge is 2.19. The molecule has 0 aliphatic heterocycles. The number of alkyl halides is 2. The summed E-state index contributed by atoms with van der Waals surface area (Å²) in [5.74, 6) is 0.435. The molecule has 0 amide bonds. The fourth-order valence-corrected chi connectivity index (χ4v) is 1.71. The molecule has 0 aliphatic rings. The molecule has 0 radical (unpaired) electrons. The van der Waals surface area contributed by atoms with Crippen LogP contribution in [0.3, 0.4) is 0 Å². The lowest BCUT2D eigenvalue weighted by atomic mass is 10.2. The Morgan fingerprint density at radius 1 is 1.29 bits per heavy atom. The third-order valence-corrected chi connectivity index (χ3v) is 2.79. The molecule has 17 heavy (non-hydrogen) atoms. The largest absolute Gasteiger partial charge is 0.282 e. The fourth-order valence-electron chi connectivity index (χ4n) is 1.55. The second-order valence-corrected chi connectivity index (χ2v) is 4.01. The number of hydrogen-bond donors (Lipinski definition) is 0. The van der Waals surface area contributed by atoms with Crippen LogP contribution in [-0.2, 0) is 0 Å². The summed E-state index contributed by atoms with van der Waals surface area (Å²) < 4.78 is 26.8. The fraction of sp³-hybridized carbons (Fsp3) is 0.273. The molecule has 0 atom stereocenters. The van der Waals surface area contributed by atoms with Gasteiger partial charge in [-0.2, -0.15) is 5.10 Å². The Morgan fingerprint density at radius 3 is 2.53 bits per heavy atom. The van der Waals surface area contributed by atoms with Crippen LogP contribution in [0.5, 0.6) is 0 Å². The molecule has 0 unspecified atom stereocenters. The average molecular weight is 258 g/mol. The minimum atomic E-state index is -2.59. The Hall–Kier alpha value is -1.49. The molecular formula is C11H10ClF2N3. The minimum absolute atomic E-state index is 0.218. The van der Waals surface area contributed by atoms with Crippen molar-refractivity contribution in [1.82, 2.24) is 14.8 Å². The molecule has 0 saturated carbocycles. The van der Waals surface area contributed by atoms with Gasteiger partial charge in [-0.15, -0.1) is 0 Å². The zero-order chi connectivity index (χ0) is 12.6. The second-order valence-electron chi connectivity index (χ2n) is 3.63. The molecule has 2 aromatic heterocycles. The Morgan fingerprint density at radius 2 is 2.00 bits per heavy atom. The van der Waals surface area contributed by atoms with Gasteiger partial charge in [-0.25, -0.2) is 18.4 Å². The average Bonchev–Trinajstić information content (AvgIpc) is 2.56. The molecule has 0 bridgehead atoms. The summed E-state index contributed by atoms with van der Waals surface area (Å²) in [5.41, 5.74) is 0.890. The van der Waals surface area contributed by atoms with Crippen molar-refractivity contribution in [2.75, 3.05) is 0 Å². The van der Waals surface area contributed by atoms with Gasteiger partial charge in [-0.1, -0.05) is 17.7 Å². The zero-order valence-electron chi connectivity index (χ0n) is 9.28. The van der Waals surface area contributed by atoms with Crippen LogP contribution in [0.1, 0.15) is 23.4 Å². The van der Waals surface area contributed by atoms with Crippen molar-refractivity contribution in [1.29, 1.82) is 0 Å². The van der Waals surface area contributed by atoms with Gasteiger partial charge in [-0.05, 0) is 31.5 Å².